The number of rotatable bonds is 5. The zero-order valence-electron chi connectivity index (χ0n) is 18.2. The van der Waals surface area contributed by atoms with E-state index < -0.39 is 21.4 Å². The number of fused-ring (bicyclic) bond motifs is 2. The van der Waals surface area contributed by atoms with Crippen molar-refractivity contribution in [2.24, 2.45) is 5.41 Å². The van der Waals surface area contributed by atoms with Crippen LogP contribution in [0.3, 0.4) is 0 Å². The molecule has 2 aliphatic rings. The number of pyridine rings is 1. The molecule has 10 heteroatoms. The van der Waals surface area contributed by atoms with Gasteiger partial charge < -0.3 is 10.6 Å². The van der Waals surface area contributed by atoms with Crippen molar-refractivity contribution in [2.75, 3.05) is 30.7 Å². The topological polar surface area (TPSA) is 115 Å². The van der Waals surface area contributed by atoms with Gasteiger partial charge in [0.2, 0.25) is 15.9 Å². The third-order valence-electron chi connectivity index (χ3n) is 6.47. The number of nitrogens with zero attached hydrogens (tertiary/aromatic N) is 3. The van der Waals surface area contributed by atoms with Crippen LogP contribution in [0.15, 0.2) is 54.9 Å². The number of aromatic nitrogens is 1. The molecule has 0 spiro atoms. The van der Waals surface area contributed by atoms with Crippen molar-refractivity contribution in [2.45, 2.75) is 12.5 Å². The van der Waals surface area contributed by atoms with Crippen molar-refractivity contribution >= 4 is 44.0 Å². The van der Waals surface area contributed by atoms with Crippen molar-refractivity contribution < 1.29 is 13.2 Å². The highest BCUT2D eigenvalue weighted by Gasteiger charge is 2.45. The minimum Gasteiger partial charge on any atom is -0.324 e. The van der Waals surface area contributed by atoms with E-state index in [0.717, 1.165) is 10.8 Å². The summed E-state index contributed by atoms with van der Waals surface area (Å²) in [6, 6.07) is 14.9. The summed E-state index contributed by atoms with van der Waals surface area (Å²) in [4.78, 5) is 17.7. The predicted molar refractivity (Wildman–Crippen MR) is 130 cm³/mol. The number of carbonyl (C=O) groups is 1. The van der Waals surface area contributed by atoms with Crippen LogP contribution in [0, 0.1) is 16.7 Å². The number of anilines is 1. The SMILES string of the molecule is N#CC1(CS(=O)(=O)N2Cc3ccc(Cl)cc3C(C(=O)Nc3cncc4ccccc34)C2)CNC1. The maximum Gasteiger partial charge on any atom is 0.233 e. The highest BCUT2D eigenvalue weighted by Crippen LogP contribution is 2.35. The Kier molecular flexibility index (Phi) is 5.78. The van der Waals surface area contributed by atoms with E-state index in [2.05, 4.69) is 21.7 Å². The smallest absolute Gasteiger partial charge is 0.233 e. The normalized spacial score (nSPS) is 19.6. The summed E-state index contributed by atoms with van der Waals surface area (Å²) >= 11 is 6.23. The summed E-state index contributed by atoms with van der Waals surface area (Å²) in [7, 11) is -3.80. The number of halogens is 1. The second-order valence-corrected chi connectivity index (χ2v) is 11.2. The number of nitrogens with one attached hydrogen (secondary N) is 2. The zero-order chi connectivity index (χ0) is 23.9. The third-order valence-corrected chi connectivity index (χ3v) is 8.69. The lowest BCUT2D eigenvalue weighted by atomic mass is 9.86. The molecule has 1 saturated heterocycles. The monoisotopic (exact) mass is 495 g/mol. The average molecular weight is 496 g/mol. The number of benzene rings is 2. The molecule has 3 heterocycles. The van der Waals surface area contributed by atoms with Crippen molar-refractivity contribution in [3.05, 3.63) is 71.0 Å². The first-order valence-electron chi connectivity index (χ1n) is 10.8. The first kappa shape index (κ1) is 22.7. The average Bonchev–Trinajstić information content (AvgIpc) is 2.81. The molecule has 1 atom stereocenters. The lowest BCUT2D eigenvalue weighted by molar-refractivity contribution is -0.118. The molecule has 2 aromatic carbocycles. The fourth-order valence-electron chi connectivity index (χ4n) is 4.54. The van der Waals surface area contributed by atoms with Gasteiger partial charge in [0.25, 0.3) is 0 Å². The van der Waals surface area contributed by atoms with Gasteiger partial charge in [-0.2, -0.15) is 9.57 Å². The standard InChI is InChI=1S/C24H22ClN5O3S/c25-18-6-5-17-10-30(34(32,33)15-24(12-26)13-28-14-24)11-21(20(17)7-18)23(31)29-22-9-27-8-16-3-1-2-4-19(16)22/h1-9,21,28H,10-11,13-15H2,(H,29,31). The minimum absolute atomic E-state index is 0.0331. The van der Waals surface area contributed by atoms with Crippen LogP contribution in [0.4, 0.5) is 5.69 Å². The van der Waals surface area contributed by atoms with Crippen LogP contribution >= 0.6 is 11.6 Å². The number of amides is 1. The zero-order valence-corrected chi connectivity index (χ0v) is 19.7. The highest BCUT2D eigenvalue weighted by molar-refractivity contribution is 7.89. The first-order chi connectivity index (χ1) is 16.3. The van der Waals surface area contributed by atoms with Crippen LogP contribution in [0.1, 0.15) is 17.0 Å². The van der Waals surface area contributed by atoms with Gasteiger partial charge in [-0.25, -0.2) is 8.42 Å². The summed E-state index contributed by atoms with van der Waals surface area (Å²) in [6.07, 6.45) is 3.30. The molecule has 0 bridgehead atoms. The van der Waals surface area contributed by atoms with E-state index in [4.69, 9.17) is 11.6 Å². The van der Waals surface area contributed by atoms with Gasteiger partial charge in [-0.1, -0.05) is 41.9 Å². The Bertz CT molecular complexity index is 1430. The lowest BCUT2D eigenvalue weighted by Gasteiger charge is -2.39. The molecule has 1 unspecified atom stereocenters. The quantitative estimate of drug-likeness (QED) is 0.562. The van der Waals surface area contributed by atoms with Crippen molar-refractivity contribution in [3.63, 3.8) is 0 Å². The Morgan fingerprint density at radius 2 is 2.06 bits per heavy atom. The first-order valence-corrected chi connectivity index (χ1v) is 12.8. The molecule has 1 fully saturated rings. The van der Waals surface area contributed by atoms with Gasteiger partial charge >= 0.3 is 0 Å². The molecule has 0 aliphatic carbocycles. The molecule has 0 radical (unpaired) electrons. The van der Waals surface area contributed by atoms with Gasteiger partial charge in [0.05, 0.1) is 35.0 Å². The van der Waals surface area contributed by atoms with Crippen molar-refractivity contribution in [1.82, 2.24) is 14.6 Å². The van der Waals surface area contributed by atoms with Crippen LogP contribution in [-0.4, -0.2) is 49.0 Å². The Morgan fingerprint density at radius 1 is 1.26 bits per heavy atom. The van der Waals surface area contributed by atoms with E-state index >= 15 is 0 Å². The lowest BCUT2D eigenvalue weighted by Crippen LogP contribution is -2.58. The Hall–Kier alpha value is -3.03. The molecule has 34 heavy (non-hydrogen) atoms. The third kappa shape index (κ3) is 4.14. The van der Waals surface area contributed by atoms with Crippen LogP contribution in [0.25, 0.3) is 10.8 Å². The summed E-state index contributed by atoms with van der Waals surface area (Å²) in [5.74, 6) is -1.40. The van der Waals surface area contributed by atoms with E-state index in [1.807, 2.05) is 24.3 Å². The molecule has 8 nitrogen and oxygen atoms in total. The van der Waals surface area contributed by atoms with E-state index in [-0.39, 0.29) is 24.7 Å². The van der Waals surface area contributed by atoms with Crippen molar-refractivity contribution in [3.8, 4) is 6.07 Å². The summed E-state index contributed by atoms with van der Waals surface area (Å²) in [5, 5.41) is 17.6. The van der Waals surface area contributed by atoms with E-state index in [1.165, 1.54) is 4.31 Å². The predicted octanol–water partition coefficient (Wildman–Crippen LogP) is 2.87. The number of hydrogen-bond donors (Lipinski definition) is 2. The van der Waals surface area contributed by atoms with Crippen molar-refractivity contribution in [1.29, 1.82) is 5.26 Å². The Morgan fingerprint density at radius 3 is 2.79 bits per heavy atom. The molecule has 2 aliphatic heterocycles. The maximum atomic E-state index is 13.5. The van der Waals surface area contributed by atoms with Gasteiger partial charge in [0.1, 0.15) is 0 Å². The molecular weight excluding hydrogens is 474 g/mol. The van der Waals surface area contributed by atoms with Gasteiger partial charge in [-0.05, 0) is 23.3 Å². The summed E-state index contributed by atoms with van der Waals surface area (Å²) in [6.45, 7) is 0.763. The molecule has 1 amide bonds. The van der Waals surface area contributed by atoms with Crippen LogP contribution in [-0.2, 0) is 21.4 Å². The minimum atomic E-state index is -3.80. The van der Waals surface area contributed by atoms with Gasteiger partial charge in [-0.3, -0.25) is 9.78 Å². The second-order valence-electron chi connectivity index (χ2n) is 8.84. The van der Waals surface area contributed by atoms with Gasteiger partial charge in [0.15, 0.2) is 0 Å². The maximum absolute atomic E-state index is 13.5. The van der Waals surface area contributed by atoms with Gasteiger partial charge in [0, 0.05) is 48.2 Å². The fraction of sp³-hybridized carbons (Fsp3) is 0.292. The highest BCUT2D eigenvalue weighted by atomic mass is 35.5. The largest absolute Gasteiger partial charge is 0.324 e. The molecule has 174 valence electrons. The van der Waals surface area contributed by atoms with Crippen LogP contribution < -0.4 is 10.6 Å². The van der Waals surface area contributed by atoms with Crippen LogP contribution in [0.2, 0.25) is 5.02 Å². The molecule has 0 saturated carbocycles. The van der Waals surface area contributed by atoms with E-state index in [1.54, 1.807) is 30.6 Å². The second kappa shape index (κ2) is 8.64. The molecule has 1 aromatic heterocycles. The molecular formula is C24H22ClN5O3S. The summed E-state index contributed by atoms with van der Waals surface area (Å²) < 4.78 is 27.9. The number of carbonyl (C=O) groups excluding carboxylic acids is 1. The molecule has 2 N–H and O–H groups in total. The number of hydrogen-bond acceptors (Lipinski definition) is 6. The number of nitriles is 1. The molecule has 5 rings (SSSR count). The Labute approximate surface area is 202 Å². The van der Waals surface area contributed by atoms with Gasteiger partial charge in [-0.15, -0.1) is 0 Å². The number of sulfonamides is 1. The summed E-state index contributed by atoms with van der Waals surface area (Å²) in [5.41, 5.74) is 1.03. The fourth-order valence-corrected chi connectivity index (χ4v) is 6.59. The van der Waals surface area contributed by atoms with Crippen LogP contribution in [0.5, 0.6) is 0 Å². The Balaban J connectivity index is 1.47. The van der Waals surface area contributed by atoms with E-state index in [0.29, 0.717) is 34.9 Å². The molecule has 3 aromatic rings. The van der Waals surface area contributed by atoms with E-state index in [9.17, 15) is 18.5 Å².